The van der Waals surface area contributed by atoms with E-state index in [1.807, 2.05) is 34.0 Å². The third-order valence-electron chi connectivity index (χ3n) is 4.50. The van der Waals surface area contributed by atoms with E-state index < -0.39 is 0 Å². The number of hydrogen-bond acceptors (Lipinski definition) is 8. The molecule has 1 aromatic carbocycles. The molecule has 0 spiro atoms. The summed E-state index contributed by atoms with van der Waals surface area (Å²) in [7, 11) is 3.98. The van der Waals surface area contributed by atoms with Gasteiger partial charge in [-0.1, -0.05) is 11.3 Å². The zero-order valence-corrected chi connectivity index (χ0v) is 18.0. The summed E-state index contributed by atoms with van der Waals surface area (Å²) in [6, 6.07) is 3.61. The minimum atomic E-state index is -0.370. The molecule has 8 nitrogen and oxygen atoms in total. The van der Waals surface area contributed by atoms with Gasteiger partial charge in [0.15, 0.2) is 6.61 Å². The number of anilines is 1. The Morgan fingerprint density at radius 3 is 2.69 bits per heavy atom. The molecule has 3 aromatic rings. The number of rotatable bonds is 7. The van der Waals surface area contributed by atoms with Gasteiger partial charge in [0.05, 0.1) is 5.39 Å². The molecule has 29 heavy (non-hydrogen) atoms. The summed E-state index contributed by atoms with van der Waals surface area (Å²) in [5.74, 6) is 0.171. The predicted octanol–water partition coefficient (Wildman–Crippen LogP) is 2.69. The molecular formula is C20H24N4O4S. The number of nitrogens with one attached hydrogen (secondary N) is 1. The first-order chi connectivity index (χ1) is 13.7. The Balaban J connectivity index is 1.71. The number of benzene rings is 1. The summed E-state index contributed by atoms with van der Waals surface area (Å²) in [5, 5.41) is 12.8. The second kappa shape index (κ2) is 8.71. The average Bonchev–Trinajstić information content (AvgIpc) is 3.09. The zero-order valence-electron chi connectivity index (χ0n) is 17.2. The van der Waals surface area contributed by atoms with Crippen molar-refractivity contribution in [3.63, 3.8) is 0 Å². The molecule has 2 aromatic heterocycles. The molecule has 0 saturated carbocycles. The predicted molar refractivity (Wildman–Crippen MR) is 113 cm³/mol. The molecular weight excluding hydrogens is 392 g/mol. The van der Waals surface area contributed by atoms with Crippen LogP contribution in [0.2, 0.25) is 0 Å². The van der Waals surface area contributed by atoms with Crippen molar-refractivity contribution in [2.75, 3.05) is 32.6 Å². The fourth-order valence-corrected chi connectivity index (χ4v) is 3.57. The van der Waals surface area contributed by atoms with Gasteiger partial charge in [-0.15, -0.1) is 10.2 Å². The average molecular weight is 417 g/mol. The van der Waals surface area contributed by atoms with Crippen molar-refractivity contribution < 1.29 is 13.9 Å². The van der Waals surface area contributed by atoms with Gasteiger partial charge < -0.3 is 14.1 Å². The molecule has 0 aliphatic heterocycles. The molecule has 0 fully saturated rings. The van der Waals surface area contributed by atoms with Gasteiger partial charge in [-0.3, -0.25) is 10.1 Å². The molecule has 0 atom stereocenters. The minimum absolute atomic E-state index is 0.192. The van der Waals surface area contributed by atoms with Crippen molar-refractivity contribution in [1.29, 1.82) is 0 Å². The molecule has 9 heteroatoms. The van der Waals surface area contributed by atoms with Crippen molar-refractivity contribution in [2.45, 2.75) is 27.2 Å². The lowest BCUT2D eigenvalue weighted by Gasteiger charge is -2.12. The van der Waals surface area contributed by atoms with Gasteiger partial charge in [0, 0.05) is 18.5 Å². The third kappa shape index (κ3) is 4.99. The lowest BCUT2D eigenvalue weighted by atomic mass is 10.0. The summed E-state index contributed by atoms with van der Waals surface area (Å²) in [4.78, 5) is 26.3. The molecule has 3 rings (SSSR count). The molecule has 0 bridgehead atoms. The van der Waals surface area contributed by atoms with Gasteiger partial charge in [0.25, 0.3) is 5.91 Å². The highest BCUT2D eigenvalue weighted by atomic mass is 32.1. The van der Waals surface area contributed by atoms with Gasteiger partial charge in [-0.2, -0.15) is 0 Å². The highest BCUT2D eigenvalue weighted by Gasteiger charge is 2.15. The second-order valence-electron chi connectivity index (χ2n) is 7.17. The van der Waals surface area contributed by atoms with E-state index in [4.69, 9.17) is 9.15 Å². The van der Waals surface area contributed by atoms with Crippen LogP contribution in [-0.2, 0) is 11.2 Å². The third-order valence-corrected chi connectivity index (χ3v) is 5.40. The highest BCUT2D eigenvalue weighted by Crippen LogP contribution is 2.30. The van der Waals surface area contributed by atoms with E-state index in [1.54, 1.807) is 13.0 Å². The van der Waals surface area contributed by atoms with Crippen LogP contribution in [0.4, 0.5) is 5.13 Å². The first-order valence-corrected chi connectivity index (χ1v) is 10.0. The smallest absolute Gasteiger partial charge is 0.339 e. The van der Waals surface area contributed by atoms with Crippen LogP contribution in [-0.4, -0.2) is 48.3 Å². The Morgan fingerprint density at radius 2 is 1.97 bits per heavy atom. The van der Waals surface area contributed by atoms with Crippen molar-refractivity contribution in [3.8, 4) is 5.75 Å². The quantitative estimate of drug-likeness (QED) is 0.591. The SMILES string of the molecule is Cc1cc(OCC(=O)Nc2nnc(CCN(C)C)s2)c2c(C)c(C)c(=O)oc2c1. The largest absolute Gasteiger partial charge is 0.483 e. The van der Waals surface area contributed by atoms with Crippen molar-refractivity contribution >= 4 is 33.3 Å². The number of carbonyl (C=O) groups is 1. The molecule has 154 valence electrons. The molecule has 0 aliphatic carbocycles. The van der Waals surface area contributed by atoms with Gasteiger partial charge in [0.2, 0.25) is 5.13 Å². The van der Waals surface area contributed by atoms with Gasteiger partial charge in [-0.05, 0) is 58.1 Å². The monoisotopic (exact) mass is 416 g/mol. The first kappa shape index (κ1) is 20.9. The van der Waals surface area contributed by atoms with Crippen LogP contribution in [0.3, 0.4) is 0 Å². The maximum atomic E-state index is 12.3. The maximum absolute atomic E-state index is 12.3. The lowest BCUT2D eigenvalue weighted by Crippen LogP contribution is -2.20. The number of ether oxygens (including phenoxy) is 1. The van der Waals surface area contributed by atoms with Crippen LogP contribution in [0.15, 0.2) is 21.3 Å². The topological polar surface area (TPSA) is 97.6 Å². The standard InChI is InChI=1S/C20H24N4O4S/c1-11-8-14(18-12(2)13(3)19(26)28-15(18)9-11)27-10-16(25)21-20-23-22-17(29-20)6-7-24(4)5/h8-9H,6-7,10H2,1-5H3,(H,21,23,25). The number of carbonyl (C=O) groups excluding carboxylic acids is 1. The number of likely N-dealkylation sites (N-methyl/N-ethyl adjacent to an activating group) is 1. The van der Waals surface area contributed by atoms with E-state index in [9.17, 15) is 9.59 Å². The van der Waals surface area contributed by atoms with Crippen LogP contribution in [0.1, 0.15) is 21.7 Å². The van der Waals surface area contributed by atoms with E-state index in [2.05, 4.69) is 20.4 Å². The molecule has 0 saturated heterocycles. The molecule has 0 unspecified atom stereocenters. The molecule has 0 aliphatic rings. The van der Waals surface area contributed by atoms with E-state index in [0.717, 1.165) is 29.1 Å². The van der Waals surface area contributed by atoms with E-state index in [0.29, 0.717) is 27.4 Å². The van der Waals surface area contributed by atoms with Crippen LogP contribution >= 0.6 is 11.3 Å². The van der Waals surface area contributed by atoms with Crippen LogP contribution in [0, 0.1) is 20.8 Å². The molecule has 1 N–H and O–H groups in total. The van der Waals surface area contributed by atoms with Gasteiger partial charge >= 0.3 is 5.63 Å². The Labute approximate surface area is 172 Å². The number of hydrogen-bond donors (Lipinski definition) is 1. The van der Waals surface area contributed by atoms with Gasteiger partial charge in [-0.25, -0.2) is 4.79 Å². The summed E-state index contributed by atoms with van der Waals surface area (Å²) >= 11 is 1.35. The van der Waals surface area contributed by atoms with Crippen molar-refractivity contribution in [1.82, 2.24) is 15.1 Å². The summed E-state index contributed by atoms with van der Waals surface area (Å²) in [6.07, 6.45) is 0.774. The highest BCUT2D eigenvalue weighted by molar-refractivity contribution is 7.15. The Bertz CT molecular complexity index is 1100. The Morgan fingerprint density at radius 1 is 1.21 bits per heavy atom. The number of aryl methyl sites for hydroxylation is 2. The first-order valence-electron chi connectivity index (χ1n) is 9.19. The van der Waals surface area contributed by atoms with Crippen LogP contribution in [0.5, 0.6) is 5.75 Å². The van der Waals surface area contributed by atoms with E-state index >= 15 is 0 Å². The van der Waals surface area contributed by atoms with Crippen LogP contribution in [0.25, 0.3) is 11.0 Å². The number of amides is 1. The zero-order chi connectivity index (χ0) is 21.1. The summed E-state index contributed by atoms with van der Waals surface area (Å²) in [5.41, 5.74) is 2.25. The fourth-order valence-electron chi connectivity index (χ4n) is 2.82. The molecule has 2 heterocycles. The number of nitrogens with zero attached hydrogens (tertiary/aromatic N) is 3. The second-order valence-corrected chi connectivity index (χ2v) is 8.23. The van der Waals surface area contributed by atoms with E-state index in [-0.39, 0.29) is 18.1 Å². The molecule has 1 amide bonds. The maximum Gasteiger partial charge on any atom is 0.339 e. The Hall–Kier alpha value is -2.78. The van der Waals surface area contributed by atoms with Gasteiger partial charge in [0.1, 0.15) is 16.3 Å². The number of fused-ring (bicyclic) bond motifs is 1. The summed E-state index contributed by atoms with van der Waals surface area (Å²) < 4.78 is 11.2. The minimum Gasteiger partial charge on any atom is -0.483 e. The molecule has 0 radical (unpaired) electrons. The van der Waals surface area contributed by atoms with E-state index in [1.165, 1.54) is 11.3 Å². The normalized spacial score (nSPS) is 11.2. The Kier molecular flexibility index (Phi) is 6.29. The summed E-state index contributed by atoms with van der Waals surface area (Å²) in [6.45, 7) is 6.09. The fraction of sp³-hybridized carbons (Fsp3) is 0.400. The van der Waals surface area contributed by atoms with Crippen molar-refractivity contribution in [3.05, 3.63) is 44.3 Å². The lowest BCUT2D eigenvalue weighted by molar-refractivity contribution is -0.118. The van der Waals surface area contributed by atoms with Crippen molar-refractivity contribution in [2.24, 2.45) is 0 Å². The number of aromatic nitrogens is 2. The van der Waals surface area contributed by atoms with Crippen LogP contribution < -0.4 is 15.7 Å².